The van der Waals surface area contributed by atoms with E-state index in [2.05, 4.69) is 39.2 Å². The van der Waals surface area contributed by atoms with Gasteiger partial charge in [-0.25, -0.2) is 13.4 Å². The zero-order valence-corrected chi connectivity index (χ0v) is 24.2. The highest BCUT2D eigenvalue weighted by Crippen LogP contribution is 2.26. The number of benzene rings is 2. The van der Waals surface area contributed by atoms with Crippen molar-refractivity contribution < 1.29 is 13.5 Å². The maximum atomic E-state index is 12.2. The first-order chi connectivity index (χ1) is 19.1. The van der Waals surface area contributed by atoms with Crippen LogP contribution in [-0.4, -0.2) is 84.6 Å². The number of β-amino-alcohol motifs (C(OH)–C–C–N with tert-alkyl or cyclic N) is 1. The lowest BCUT2D eigenvalue weighted by Crippen LogP contribution is -2.53. The van der Waals surface area contributed by atoms with Gasteiger partial charge in [0.1, 0.15) is 5.65 Å². The highest BCUT2D eigenvalue weighted by Gasteiger charge is 2.24. The van der Waals surface area contributed by atoms with Gasteiger partial charge in [0.25, 0.3) is 0 Å². The van der Waals surface area contributed by atoms with Gasteiger partial charge in [-0.05, 0) is 55.8 Å². The number of rotatable bonds is 9. The number of sulfonamides is 1. The Balaban J connectivity index is 1.30. The maximum Gasteiger partial charge on any atom is 0.232 e. The molecule has 40 heavy (non-hydrogen) atoms. The topological polar surface area (TPSA) is 107 Å². The fraction of sp³-hybridized carbons (Fsp3) is 0.379. The van der Waals surface area contributed by atoms with Crippen molar-refractivity contribution in [3.8, 4) is 0 Å². The van der Waals surface area contributed by atoms with Gasteiger partial charge in [-0.2, -0.15) is 4.98 Å². The van der Waals surface area contributed by atoms with Crippen LogP contribution in [0.4, 0.5) is 23.0 Å². The third-order valence-electron chi connectivity index (χ3n) is 7.42. The number of piperazine rings is 1. The van der Waals surface area contributed by atoms with E-state index in [1.807, 2.05) is 60.2 Å². The lowest BCUT2D eigenvalue weighted by atomic mass is 10.1. The molecule has 5 rings (SSSR count). The van der Waals surface area contributed by atoms with Crippen LogP contribution in [0.15, 0.2) is 67.0 Å². The Morgan fingerprint density at radius 2 is 1.88 bits per heavy atom. The Hall–Kier alpha value is -3.67. The smallest absolute Gasteiger partial charge is 0.232 e. The monoisotopic (exact) mass is 563 g/mol. The summed E-state index contributed by atoms with van der Waals surface area (Å²) in [6.07, 6.45) is 4.61. The van der Waals surface area contributed by atoms with Crippen molar-refractivity contribution in [3.05, 3.63) is 72.6 Å². The third-order valence-corrected chi connectivity index (χ3v) is 8.62. The summed E-state index contributed by atoms with van der Waals surface area (Å²) < 4.78 is 27.6. The molecule has 4 aromatic rings. The third kappa shape index (κ3) is 6.22. The van der Waals surface area contributed by atoms with Crippen molar-refractivity contribution in [3.63, 3.8) is 0 Å². The highest BCUT2D eigenvalue weighted by molar-refractivity contribution is 7.92. The van der Waals surface area contributed by atoms with Gasteiger partial charge in [0.05, 0.1) is 24.6 Å². The van der Waals surface area contributed by atoms with E-state index in [1.165, 1.54) is 10.6 Å². The summed E-state index contributed by atoms with van der Waals surface area (Å²) in [6, 6.07) is 18.1. The summed E-state index contributed by atoms with van der Waals surface area (Å²) in [5, 5.41) is 14.0. The average molecular weight is 564 g/mol. The fourth-order valence-corrected chi connectivity index (χ4v) is 5.73. The standard InChI is InChI=1S/C29H37N7O3S/c1-21-18-35(16-15-34(21)19-22(2)37)26-11-9-25(10-12-26)31-29-30-17-23-13-14-36(28(23)32-29)20-24-7-5-6-8-27(24)33(3)40(4,38)39/h5-14,17,21-22,37H,15-16,18-20H2,1-4H3,(H,30,31,32)/t21?,22-/m0/s1. The Kier molecular flexibility index (Phi) is 7.97. The first-order valence-corrected chi connectivity index (χ1v) is 15.3. The van der Waals surface area contributed by atoms with Crippen LogP contribution < -0.4 is 14.5 Å². The van der Waals surface area contributed by atoms with E-state index in [9.17, 15) is 13.5 Å². The molecule has 11 heteroatoms. The van der Waals surface area contributed by atoms with Crippen molar-refractivity contribution >= 4 is 44.1 Å². The summed E-state index contributed by atoms with van der Waals surface area (Å²) in [5.74, 6) is 0.488. The van der Waals surface area contributed by atoms with Crippen molar-refractivity contribution in [1.82, 2.24) is 19.4 Å². The van der Waals surface area contributed by atoms with Gasteiger partial charge in [-0.15, -0.1) is 0 Å². The van der Waals surface area contributed by atoms with Gasteiger partial charge >= 0.3 is 0 Å². The number of nitrogens with zero attached hydrogens (tertiary/aromatic N) is 6. The molecule has 0 saturated carbocycles. The van der Waals surface area contributed by atoms with Crippen LogP contribution in [0.25, 0.3) is 11.0 Å². The molecule has 0 bridgehead atoms. The highest BCUT2D eigenvalue weighted by atomic mass is 32.2. The summed E-state index contributed by atoms with van der Waals surface area (Å²) in [5.41, 5.74) is 4.32. The van der Waals surface area contributed by atoms with Crippen molar-refractivity contribution in [2.75, 3.05) is 54.0 Å². The molecule has 0 spiro atoms. The van der Waals surface area contributed by atoms with Gasteiger partial charge < -0.3 is 19.9 Å². The molecule has 0 aliphatic carbocycles. The molecule has 2 aromatic carbocycles. The molecule has 2 N–H and O–H groups in total. The van der Waals surface area contributed by atoms with E-state index in [0.717, 1.165) is 47.6 Å². The largest absolute Gasteiger partial charge is 0.392 e. The molecule has 1 aliphatic rings. The average Bonchev–Trinajstić information content (AvgIpc) is 3.31. The summed E-state index contributed by atoms with van der Waals surface area (Å²) in [7, 11) is -1.82. The van der Waals surface area contributed by atoms with Gasteiger partial charge in [-0.3, -0.25) is 9.21 Å². The molecular weight excluding hydrogens is 526 g/mol. The SMILES string of the molecule is CC1CN(c2ccc(Nc3ncc4ccn(Cc5ccccc5N(C)S(C)(=O)=O)c4n3)cc2)CCN1C[C@H](C)O. The van der Waals surface area contributed by atoms with Gasteiger partial charge in [0.15, 0.2) is 0 Å². The van der Waals surface area contributed by atoms with Crippen LogP contribution in [0, 0.1) is 0 Å². The predicted molar refractivity (Wildman–Crippen MR) is 161 cm³/mol. The second kappa shape index (κ2) is 11.4. The van der Waals surface area contributed by atoms with Crippen LogP contribution >= 0.6 is 0 Å². The molecule has 1 saturated heterocycles. The number of hydrogen-bond donors (Lipinski definition) is 2. The van der Waals surface area contributed by atoms with E-state index in [-0.39, 0.29) is 6.10 Å². The van der Waals surface area contributed by atoms with E-state index < -0.39 is 10.0 Å². The van der Waals surface area contributed by atoms with E-state index in [0.29, 0.717) is 30.8 Å². The number of aromatic nitrogens is 3. The molecule has 1 unspecified atom stereocenters. The van der Waals surface area contributed by atoms with Crippen LogP contribution in [-0.2, 0) is 16.6 Å². The molecular formula is C29H37N7O3S. The summed E-state index contributed by atoms with van der Waals surface area (Å²) in [4.78, 5) is 14.0. The van der Waals surface area contributed by atoms with Crippen molar-refractivity contribution in [1.29, 1.82) is 0 Å². The Morgan fingerprint density at radius 3 is 2.58 bits per heavy atom. The lowest BCUT2D eigenvalue weighted by Gasteiger charge is -2.41. The van der Waals surface area contributed by atoms with Crippen molar-refractivity contribution in [2.24, 2.45) is 0 Å². The quantitative estimate of drug-likeness (QED) is 0.319. The lowest BCUT2D eigenvalue weighted by molar-refractivity contribution is 0.0960. The number of nitrogens with one attached hydrogen (secondary N) is 1. The van der Waals surface area contributed by atoms with Crippen LogP contribution in [0.3, 0.4) is 0 Å². The van der Waals surface area contributed by atoms with Gasteiger partial charge in [-0.1, -0.05) is 18.2 Å². The number of aliphatic hydroxyl groups excluding tert-OH is 1. The number of fused-ring (bicyclic) bond motifs is 1. The molecule has 10 nitrogen and oxygen atoms in total. The van der Waals surface area contributed by atoms with Gasteiger partial charge in [0.2, 0.25) is 16.0 Å². The summed E-state index contributed by atoms with van der Waals surface area (Å²) >= 11 is 0. The zero-order valence-electron chi connectivity index (χ0n) is 23.4. The number of anilines is 4. The van der Waals surface area contributed by atoms with Crippen LogP contribution in [0.5, 0.6) is 0 Å². The molecule has 2 aromatic heterocycles. The zero-order chi connectivity index (χ0) is 28.4. The Labute approximate surface area is 235 Å². The normalized spacial score (nSPS) is 17.2. The minimum absolute atomic E-state index is 0.318. The van der Waals surface area contributed by atoms with E-state index >= 15 is 0 Å². The summed E-state index contributed by atoms with van der Waals surface area (Å²) in [6.45, 7) is 7.97. The first-order valence-electron chi connectivity index (χ1n) is 13.5. The molecule has 0 radical (unpaired) electrons. The van der Waals surface area contributed by atoms with Crippen molar-refractivity contribution in [2.45, 2.75) is 32.5 Å². The van der Waals surface area contributed by atoms with Gasteiger partial charge in [0, 0.05) is 68.4 Å². The molecule has 2 atom stereocenters. The minimum Gasteiger partial charge on any atom is -0.392 e. The fourth-order valence-electron chi connectivity index (χ4n) is 5.20. The predicted octanol–water partition coefficient (Wildman–Crippen LogP) is 3.51. The number of para-hydroxylation sites is 1. The Morgan fingerprint density at radius 1 is 1.12 bits per heavy atom. The molecule has 1 aliphatic heterocycles. The molecule has 212 valence electrons. The first kappa shape index (κ1) is 27.9. The molecule has 1 fully saturated rings. The Bertz CT molecular complexity index is 1570. The maximum absolute atomic E-state index is 12.2. The number of hydrogen-bond acceptors (Lipinski definition) is 8. The van der Waals surface area contributed by atoms with E-state index in [1.54, 1.807) is 13.2 Å². The molecule has 0 amide bonds. The second-order valence-electron chi connectivity index (χ2n) is 10.6. The second-order valence-corrected chi connectivity index (χ2v) is 12.6. The van der Waals surface area contributed by atoms with E-state index in [4.69, 9.17) is 4.98 Å². The van der Waals surface area contributed by atoms with Crippen LogP contribution in [0.2, 0.25) is 0 Å². The minimum atomic E-state index is -3.39. The molecule has 3 heterocycles. The van der Waals surface area contributed by atoms with Crippen LogP contribution in [0.1, 0.15) is 19.4 Å². The number of aliphatic hydroxyl groups is 1.